The number of esters is 1. The van der Waals surface area contributed by atoms with E-state index < -0.39 is 17.4 Å². The van der Waals surface area contributed by atoms with Crippen LogP contribution in [0.4, 0.5) is 0 Å². The second-order valence-electron chi connectivity index (χ2n) is 13.7. The molecule has 2 aliphatic carbocycles. The van der Waals surface area contributed by atoms with Gasteiger partial charge in [0.05, 0.1) is 5.60 Å². The first kappa shape index (κ1) is 29.1. The van der Waals surface area contributed by atoms with Crippen LogP contribution in [0.2, 0.25) is 0 Å². The molecule has 4 aliphatic rings. The molecule has 2 bridgehead atoms. The maximum Gasteiger partial charge on any atom is 0.330 e. The highest BCUT2D eigenvalue weighted by molar-refractivity contribution is 5.85. The van der Waals surface area contributed by atoms with Crippen LogP contribution in [-0.4, -0.2) is 39.6 Å². The largest absolute Gasteiger partial charge is 0.478 e. The highest BCUT2D eigenvalue weighted by Crippen LogP contribution is 2.66. The Balaban J connectivity index is 1.62. The Kier molecular flexibility index (Phi) is 7.59. The van der Waals surface area contributed by atoms with Crippen molar-refractivity contribution in [2.24, 2.45) is 34.5 Å². The fourth-order valence-electron chi connectivity index (χ4n) is 8.65. The SMILES string of the molecule is C=C1C([C@H](C)CC/C=C(/C)C(=O)O)CC[C@]2(C)O[C@@]1(O)C[C@@H]1C2=CC[C@H]2C(C)(C)[C@H](OC(C)=O)CC[C@]12C. The summed E-state index contributed by atoms with van der Waals surface area (Å²) in [5.74, 6) is -1.68. The molecule has 1 saturated carbocycles. The van der Waals surface area contributed by atoms with Gasteiger partial charge in [0.2, 0.25) is 0 Å². The number of hydrogen-bond acceptors (Lipinski definition) is 5. The molecule has 2 saturated heterocycles. The summed E-state index contributed by atoms with van der Waals surface area (Å²) in [6.45, 7) is 18.8. The van der Waals surface area contributed by atoms with Crippen molar-refractivity contribution < 1.29 is 29.3 Å². The zero-order valence-electron chi connectivity index (χ0n) is 24.4. The van der Waals surface area contributed by atoms with Gasteiger partial charge >= 0.3 is 11.9 Å². The molecule has 4 rings (SSSR count). The number of ether oxygens (including phenoxy) is 2. The van der Waals surface area contributed by atoms with Crippen LogP contribution < -0.4 is 0 Å². The molecule has 0 spiro atoms. The molecule has 2 N–H and O–H groups in total. The van der Waals surface area contributed by atoms with Gasteiger partial charge < -0.3 is 19.7 Å². The van der Waals surface area contributed by atoms with Gasteiger partial charge in [0.25, 0.3) is 0 Å². The minimum Gasteiger partial charge on any atom is -0.478 e. The first-order valence-electron chi connectivity index (χ1n) is 14.4. The summed E-state index contributed by atoms with van der Waals surface area (Å²) in [6.07, 6.45) is 10.4. The number of carbonyl (C=O) groups is 2. The quantitative estimate of drug-likeness (QED) is 0.230. The van der Waals surface area contributed by atoms with E-state index in [2.05, 4.69) is 47.3 Å². The molecule has 0 aromatic heterocycles. The second-order valence-corrected chi connectivity index (χ2v) is 13.7. The average Bonchev–Trinajstić information content (AvgIpc) is 2.88. The van der Waals surface area contributed by atoms with Crippen molar-refractivity contribution in [3.05, 3.63) is 35.5 Å². The number of aliphatic hydroxyl groups is 1. The number of fused-ring (bicyclic) bond motifs is 6. The summed E-state index contributed by atoms with van der Waals surface area (Å²) < 4.78 is 12.4. The Bertz CT molecular complexity index is 1050. The number of allylic oxidation sites excluding steroid dienone is 2. The average molecular weight is 529 g/mol. The van der Waals surface area contributed by atoms with Gasteiger partial charge in [-0.2, -0.15) is 0 Å². The Labute approximate surface area is 228 Å². The van der Waals surface area contributed by atoms with E-state index in [1.165, 1.54) is 12.5 Å². The Morgan fingerprint density at radius 1 is 1.21 bits per heavy atom. The molecule has 6 nitrogen and oxygen atoms in total. The maximum absolute atomic E-state index is 12.2. The lowest BCUT2D eigenvalue weighted by Crippen LogP contribution is -2.61. The fourth-order valence-corrected chi connectivity index (χ4v) is 8.65. The van der Waals surface area contributed by atoms with Gasteiger partial charge in [0.15, 0.2) is 5.79 Å². The van der Waals surface area contributed by atoms with Gasteiger partial charge in [-0.1, -0.05) is 46.4 Å². The fraction of sp³-hybridized carbons (Fsp3) is 0.750. The molecule has 0 aromatic rings. The molecule has 38 heavy (non-hydrogen) atoms. The molecule has 0 aromatic carbocycles. The van der Waals surface area contributed by atoms with Crippen molar-refractivity contribution in [2.45, 2.75) is 117 Å². The van der Waals surface area contributed by atoms with E-state index in [4.69, 9.17) is 9.47 Å². The topological polar surface area (TPSA) is 93.1 Å². The number of rotatable bonds is 6. The van der Waals surface area contributed by atoms with E-state index in [1.807, 2.05) is 0 Å². The predicted molar refractivity (Wildman–Crippen MR) is 147 cm³/mol. The normalized spacial score (nSPS) is 41.2. The maximum atomic E-state index is 12.2. The van der Waals surface area contributed by atoms with E-state index in [0.29, 0.717) is 24.3 Å². The van der Waals surface area contributed by atoms with Crippen LogP contribution in [0.25, 0.3) is 0 Å². The summed E-state index contributed by atoms with van der Waals surface area (Å²) in [7, 11) is 0. The van der Waals surface area contributed by atoms with E-state index in [-0.39, 0.29) is 40.7 Å². The van der Waals surface area contributed by atoms with Gasteiger partial charge in [-0.15, -0.1) is 0 Å². The molecule has 0 amide bonds. The van der Waals surface area contributed by atoms with Crippen LogP contribution in [-0.2, 0) is 19.1 Å². The highest BCUT2D eigenvalue weighted by atomic mass is 16.6. The Morgan fingerprint density at radius 3 is 2.53 bits per heavy atom. The Hall–Kier alpha value is -1.92. The molecule has 2 heterocycles. The van der Waals surface area contributed by atoms with E-state index >= 15 is 0 Å². The van der Waals surface area contributed by atoms with Gasteiger partial charge in [-0.05, 0) is 99.0 Å². The molecule has 2 aliphatic heterocycles. The third kappa shape index (κ3) is 4.81. The third-order valence-electron chi connectivity index (χ3n) is 11.0. The van der Waals surface area contributed by atoms with Crippen LogP contribution >= 0.6 is 0 Å². The number of carboxylic acids is 1. The lowest BCUT2D eigenvalue weighted by Gasteiger charge is -2.63. The molecule has 8 atom stereocenters. The standard InChI is InChI=1S/C32H48O6/c1-19(10-9-11-20(2)28(34)35)23-14-17-31(8)24-12-13-26-29(5,6)27(37-22(4)33)15-16-30(26,7)25(24)18-32(36,38-31)21(23)3/h11-12,19,23,25-27,36H,3,9-10,13-18H2,1-2,4-8H3,(H,34,35)/b20-11-/t19-,23?,25-,26+,27-,30-,31+,32+/m1/s1. The van der Waals surface area contributed by atoms with Crippen molar-refractivity contribution in [3.63, 3.8) is 0 Å². The summed E-state index contributed by atoms with van der Waals surface area (Å²) in [6, 6.07) is 0. The smallest absolute Gasteiger partial charge is 0.330 e. The van der Waals surface area contributed by atoms with Gasteiger partial charge in [-0.3, -0.25) is 4.79 Å². The van der Waals surface area contributed by atoms with E-state index in [0.717, 1.165) is 44.1 Å². The predicted octanol–water partition coefficient (Wildman–Crippen LogP) is 6.59. The number of carboxylic acid groups (broad SMARTS) is 1. The van der Waals surface area contributed by atoms with Gasteiger partial charge in [-0.25, -0.2) is 4.79 Å². The third-order valence-corrected chi connectivity index (χ3v) is 11.0. The van der Waals surface area contributed by atoms with Crippen molar-refractivity contribution >= 4 is 11.9 Å². The van der Waals surface area contributed by atoms with Crippen molar-refractivity contribution in [3.8, 4) is 0 Å². The summed E-state index contributed by atoms with van der Waals surface area (Å²) in [5.41, 5.74) is 1.68. The summed E-state index contributed by atoms with van der Waals surface area (Å²) in [4.78, 5) is 23.0. The molecule has 0 radical (unpaired) electrons. The zero-order valence-corrected chi connectivity index (χ0v) is 24.4. The van der Waals surface area contributed by atoms with Crippen molar-refractivity contribution in [1.82, 2.24) is 0 Å². The lowest BCUT2D eigenvalue weighted by atomic mass is 9.45. The Morgan fingerprint density at radius 2 is 1.89 bits per heavy atom. The molecule has 6 heteroatoms. The van der Waals surface area contributed by atoms with E-state index in [1.54, 1.807) is 13.0 Å². The van der Waals surface area contributed by atoms with Crippen molar-refractivity contribution in [1.29, 1.82) is 0 Å². The van der Waals surface area contributed by atoms with Crippen LogP contribution in [0, 0.1) is 34.5 Å². The number of aliphatic carboxylic acids is 1. The first-order chi connectivity index (χ1) is 17.5. The minimum absolute atomic E-state index is 0.0475. The van der Waals surface area contributed by atoms with Crippen LogP contribution in [0.3, 0.4) is 0 Å². The van der Waals surface area contributed by atoms with Crippen molar-refractivity contribution in [2.75, 3.05) is 0 Å². The lowest BCUT2D eigenvalue weighted by molar-refractivity contribution is -0.270. The first-order valence-corrected chi connectivity index (χ1v) is 14.4. The second kappa shape index (κ2) is 9.92. The zero-order chi connectivity index (χ0) is 28.3. The molecular formula is C32H48O6. The summed E-state index contributed by atoms with van der Waals surface area (Å²) in [5, 5.41) is 21.3. The van der Waals surface area contributed by atoms with Crippen LogP contribution in [0.15, 0.2) is 35.5 Å². The van der Waals surface area contributed by atoms with Gasteiger partial charge in [0, 0.05) is 24.3 Å². The number of hydrogen-bond donors (Lipinski definition) is 2. The summed E-state index contributed by atoms with van der Waals surface area (Å²) >= 11 is 0. The number of carbonyl (C=O) groups excluding carboxylic acids is 1. The molecule has 3 fully saturated rings. The monoisotopic (exact) mass is 528 g/mol. The highest BCUT2D eigenvalue weighted by Gasteiger charge is 2.64. The van der Waals surface area contributed by atoms with E-state index in [9.17, 15) is 19.8 Å². The van der Waals surface area contributed by atoms with Crippen LogP contribution in [0.1, 0.15) is 99.8 Å². The molecule has 212 valence electrons. The van der Waals surface area contributed by atoms with Crippen LogP contribution in [0.5, 0.6) is 0 Å². The minimum atomic E-state index is -1.40. The molecule has 1 unspecified atom stereocenters. The molecular weight excluding hydrogens is 480 g/mol. The van der Waals surface area contributed by atoms with Gasteiger partial charge in [0.1, 0.15) is 6.10 Å².